The lowest BCUT2D eigenvalue weighted by Crippen LogP contribution is -2.19. The van der Waals surface area contributed by atoms with Gasteiger partial charge in [0, 0.05) is 11.1 Å². The SMILES string of the molecule is CO/N=C(/C(=O)OC)c1ccccc1CO/N=C(/C)c1nnsc1C. The van der Waals surface area contributed by atoms with Crippen molar-refractivity contribution in [2.75, 3.05) is 14.2 Å². The van der Waals surface area contributed by atoms with Gasteiger partial charge in [-0.1, -0.05) is 39.1 Å². The minimum atomic E-state index is -0.599. The Morgan fingerprint density at radius 1 is 1.24 bits per heavy atom. The molecule has 0 fully saturated rings. The predicted molar refractivity (Wildman–Crippen MR) is 93.7 cm³/mol. The second-order valence-corrected chi connectivity index (χ2v) is 5.86. The zero-order valence-electron chi connectivity index (χ0n) is 14.3. The van der Waals surface area contributed by atoms with Gasteiger partial charge in [0.1, 0.15) is 25.1 Å². The lowest BCUT2D eigenvalue weighted by Gasteiger charge is -2.09. The summed E-state index contributed by atoms with van der Waals surface area (Å²) in [6.45, 7) is 3.85. The Labute approximate surface area is 149 Å². The van der Waals surface area contributed by atoms with Gasteiger partial charge in [-0.25, -0.2) is 4.79 Å². The summed E-state index contributed by atoms with van der Waals surface area (Å²) in [7, 11) is 2.64. The number of esters is 1. The average molecular weight is 362 g/mol. The Bertz CT molecular complexity index is 801. The number of aromatic nitrogens is 2. The molecule has 0 unspecified atom stereocenters. The Kier molecular flexibility index (Phi) is 6.58. The van der Waals surface area contributed by atoms with Crippen LogP contribution in [-0.2, 0) is 25.8 Å². The largest absolute Gasteiger partial charge is 0.464 e. The van der Waals surface area contributed by atoms with E-state index in [0.717, 1.165) is 4.88 Å². The van der Waals surface area contributed by atoms with Crippen molar-refractivity contribution in [2.24, 2.45) is 10.3 Å². The predicted octanol–water partition coefficient (Wildman–Crippen LogP) is 2.31. The summed E-state index contributed by atoms with van der Waals surface area (Å²) in [5, 5.41) is 11.8. The van der Waals surface area contributed by atoms with E-state index >= 15 is 0 Å². The van der Waals surface area contributed by atoms with Crippen molar-refractivity contribution in [3.63, 3.8) is 0 Å². The van der Waals surface area contributed by atoms with Gasteiger partial charge in [0.05, 0.1) is 12.0 Å². The van der Waals surface area contributed by atoms with Gasteiger partial charge in [-0.3, -0.25) is 0 Å². The molecule has 25 heavy (non-hydrogen) atoms. The molecule has 0 spiro atoms. The molecule has 1 aromatic heterocycles. The number of carbonyl (C=O) groups excluding carboxylic acids is 1. The molecule has 0 bridgehead atoms. The van der Waals surface area contributed by atoms with Crippen molar-refractivity contribution in [3.05, 3.63) is 46.0 Å². The van der Waals surface area contributed by atoms with E-state index in [1.807, 2.05) is 19.1 Å². The molecule has 2 rings (SSSR count). The Balaban J connectivity index is 2.19. The van der Waals surface area contributed by atoms with Crippen molar-refractivity contribution < 1.29 is 19.2 Å². The number of rotatable bonds is 7. The third-order valence-electron chi connectivity index (χ3n) is 3.25. The lowest BCUT2D eigenvalue weighted by molar-refractivity contribution is -0.132. The highest BCUT2D eigenvalue weighted by Crippen LogP contribution is 2.14. The number of hydrogen-bond acceptors (Lipinski definition) is 9. The number of methoxy groups -OCH3 is 1. The van der Waals surface area contributed by atoms with Gasteiger partial charge >= 0.3 is 5.97 Å². The van der Waals surface area contributed by atoms with Crippen LogP contribution in [0.1, 0.15) is 28.6 Å². The maximum absolute atomic E-state index is 11.9. The minimum absolute atomic E-state index is 0.0597. The molecule has 0 amide bonds. The highest BCUT2D eigenvalue weighted by Gasteiger charge is 2.19. The molecule has 1 heterocycles. The molecule has 0 N–H and O–H groups in total. The van der Waals surface area contributed by atoms with E-state index < -0.39 is 5.97 Å². The minimum Gasteiger partial charge on any atom is -0.464 e. The molecule has 0 radical (unpaired) electrons. The van der Waals surface area contributed by atoms with Crippen LogP contribution in [0.15, 0.2) is 34.6 Å². The first-order valence-corrected chi connectivity index (χ1v) is 8.09. The third kappa shape index (κ3) is 4.60. The summed E-state index contributed by atoms with van der Waals surface area (Å²) >= 11 is 1.30. The molecule has 0 aliphatic rings. The Morgan fingerprint density at radius 2 is 2.00 bits per heavy atom. The van der Waals surface area contributed by atoms with E-state index in [1.165, 1.54) is 25.8 Å². The van der Waals surface area contributed by atoms with Crippen LogP contribution in [0.3, 0.4) is 0 Å². The van der Waals surface area contributed by atoms with Crippen LogP contribution in [0.4, 0.5) is 0 Å². The standard InChI is InChI=1S/C16H18N4O4S/c1-10(14-11(2)25-20-17-14)18-24-9-12-7-5-6-8-13(12)15(19-23-4)16(21)22-3/h5-8H,9H2,1-4H3/b18-10-,19-15+. The molecule has 0 saturated heterocycles. The second kappa shape index (κ2) is 8.88. The molecular weight excluding hydrogens is 344 g/mol. The van der Waals surface area contributed by atoms with Crippen LogP contribution < -0.4 is 0 Å². The van der Waals surface area contributed by atoms with Crippen molar-refractivity contribution in [2.45, 2.75) is 20.5 Å². The van der Waals surface area contributed by atoms with Crippen LogP contribution >= 0.6 is 11.5 Å². The van der Waals surface area contributed by atoms with Crippen LogP contribution in [0.5, 0.6) is 0 Å². The molecule has 1 aromatic carbocycles. The summed E-state index contributed by atoms with van der Waals surface area (Å²) in [6.07, 6.45) is 0. The number of nitrogens with zero attached hydrogens (tertiary/aromatic N) is 4. The van der Waals surface area contributed by atoms with Crippen molar-refractivity contribution in [1.29, 1.82) is 0 Å². The maximum atomic E-state index is 11.9. The van der Waals surface area contributed by atoms with E-state index in [0.29, 0.717) is 22.5 Å². The zero-order valence-corrected chi connectivity index (χ0v) is 15.2. The Morgan fingerprint density at radius 3 is 2.64 bits per heavy atom. The molecule has 0 atom stereocenters. The monoisotopic (exact) mass is 362 g/mol. The quantitative estimate of drug-likeness (QED) is 0.426. The molecule has 0 aliphatic carbocycles. The van der Waals surface area contributed by atoms with E-state index in [4.69, 9.17) is 14.4 Å². The van der Waals surface area contributed by atoms with Crippen LogP contribution in [0, 0.1) is 6.92 Å². The van der Waals surface area contributed by atoms with Crippen molar-refractivity contribution >= 4 is 28.9 Å². The summed E-state index contributed by atoms with van der Waals surface area (Å²) in [4.78, 5) is 23.0. The van der Waals surface area contributed by atoms with Gasteiger partial charge in [-0.05, 0) is 25.4 Å². The first-order chi connectivity index (χ1) is 12.1. The number of oxime groups is 2. The normalized spacial score (nSPS) is 12.0. The van der Waals surface area contributed by atoms with Gasteiger partial charge < -0.3 is 14.4 Å². The second-order valence-electron chi connectivity index (χ2n) is 4.90. The lowest BCUT2D eigenvalue weighted by atomic mass is 10.0. The number of aryl methyl sites for hydroxylation is 1. The number of carbonyl (C=O) groups is 1. The molecular formula is C16H18N4O4S. The highest BCUT2D eigenvalue weighted by atomic mass is 32.1. The number of benzene rings is 1. The number of ether oxygens (including phenoxy) is 1. The van der Waals surface area contributed by atoms with Crippen molar-refractivity contribution in [3.8, 4) is 0 Å². The molecule has 2 aromatic rings. The average Bonchev–Trinajstić information content (AvgIpc) is 3.05. The fraction of sp³-hybridized carbons (Fsp3) is 0.312. The van der Waals surface area contributed by atoms with Crippen LogP contribution in [0.2, 0.25) is 0 Å². The highest BCUT2D eigenvalue weighted by molar-refractivity contribution is 7.05. The molecule has 0 saturated carbocycles. The van der Waals surface area contributed by atoms with E-state index in [1.54, 1.807) is 19.1 Å². The van der Waals surface area contributed by atoms with Gasteiger partial charge in [0.15, 0.2) is 5.71 Å². The fourth-order valence-corrected chi connectivity index (χ4v) is 2.59. The molecule has 8 nitrogen and oxygen atoms in total. The zero-order chi connectivity index (χ0) is 18.2. The van der Waals surface area contributed by atoms with Gasteiger partial charge in [-0.15, -0.1) is 5.10 Å². The van der Waals surface area contributed by atoms with Gasteiger partial charge in [-0.2, -0.15) is 0 Å². The molecule has 132 valence electrons. The summed E-state index contributed by atoms with van der Waals surface area (Å²) in [6, 6.07) is 7.16. The van der Waals surface area contributed by atoms with E-state index in [-0.39, 0.29) is 12.3 Å². The summed E-state index contributed by atoms with van der Waals surface area (Å²) in [5.41, 5.74) is 2.66. The molecule has 9 heteroatoms. The Hall–Kier alpha value is -2.81. The van der Waals surface area contributed by atoms with E-state index in [9.17, 15) is 4.79 Å². The maximum Gasteiger partial charge on any atom is 0.360 e. The summed E-state index contributed by atoms with van der Waals surface area (Å²) in [5.74, 6) is -0.599. The number of hydrogen-bond donors (Lipinski definition) is 0. The first-order valence-electron chi connectivity index (χ1n) is 7.32. The molecule has 0 aliphatic heterocycles. The van der Waals surface area contributed by atoms with Gasteiger partial charge in [0.2, 0.25) is 0 Å². The van der Waals surface area contributed by atoms with Crippen molar-refractivity contribution in [1.82, 2.24) is 9.59 Å². The smallest absolute Gasteiger partial charge is 0.360 e. The first kappa shape index (κ1) is 18.5. The van der Waals surface area contributed by atoms with Crippen LogP contribution in [-0.4, -0.2) is 41.2 Å². The topological polar surface area (TPSA) is 95.3 Å². The van der Waals surface area contributed by atoms with Gasteiger partial charge in [0.25, 0.3) is 0 Å². The van der Waals surface area contributed by atoms with Crippen LogP contribution in [0.25, 0.3) is 0 Å². The van der Waals surface area contributed by atoms with E-state index in [2.05, 4.69) is 19.9 Å². The fourth-order valence-electron chi connectivity index (χ4n) is 2.07. The summed E-state index contributed by atoms with van der Waals surface area (Å²) < 4.78 is 8.62. The third-order valence-corrected chi connectivity index (χ3v) is 3.88.